The van der Waals surface area contributed by atoms with Gasteiger partial charge in [0.1, 0.15) is 24.9 Å². The van der Waals surface area contributed by atoms with Gasteiger partial charge in [-0.15, -0.1) is 0 Å². The summed E-state index contributed by atoms with van der Waals surface area (Å²) in [5, 5.41) is 2.90. The summed E-state index contributed by atoms with van der Waals surface area (Å²) in [6.45, 7) is 3.78. The Kier molecular flexibility index (Phi) is 8.58. The molecule has 1 amide bonds. The molecule has 0 aliphatic carbocycles. The number of hydrogen-bond donors (Lipinski definition) is 1. The molecule has 166 valence electrons. The van der Waals surface area contributed by atoms with Crippen LogP contribution in [0.3, 0.4) is 0 Å². The van der Waals surface area contributed by atoms with E-state index in [1.165, 1.54) is 13.8 Å². The first-order chi connectivity index (χ1) is 15.0. The summed E-state index contributed by atoms with van der Waals surface area (Å²) >= 11 is 0. The van der Waals surface area contributed by atoms with Crippen LogP contribution >= 0.6 is 0 Å². The second kappa shape index (κ2) is 11.6. The standard InChI is InChI=1S/C24H29NO6/c1-17(26)25-21-15-29-22(16-28-18(2)27)24(31-14-20-11-7-4-8-12-20)23(21)30-13-19-9-5-3-6-10-19/h3-12,21-24H,13-16H2,1-2H3,(H,25,26)/t21?,22?,23-,24+/m1/s1. The van der Waals surface area contributed by atoms with Crippen molar-refractivity contribution in [1.29, 1.82) is 0 Å². The third-order valence-electron chi connectivity index (χ3n) is 4.99. The summed E-state index contributed by atoms with van der Waals surface area (Å²) in [5.74, 6) is -0.571. The predicted octanol–water partition coefficient (Wildman–Crippen LogP) is 2.62. The molecular formula is C24H29NO6. The van der Waals surface area contributed by atoms with Crippen LogP contribution in [0.5, 0.6) is 0 Å². The number of amides is 1. The summed E-state index contributed by atoms with van der Waals surface area (Å²) in [6, 6.07) is 19.1. The highest BCUT2D eigenvalue weighted by Crippen LogP contribution is 2.24. The minimum absolute atomic E-state index is 0.0484. The van der Waals surface area contributed by atoms with E-state index in [9.17, 15) is 9.59 Å². The Hall–Kier alpha value is -2.74. The fourth-order valence-corrected chi connectivity index (χ4v) is 3.53. The first-order valence-electron chi connectivity index (χ1n) is 10.4. The zero-order valence-corrected chi connectivity index (χ0v) is 17.9. The number of esters is 1. The number of nitrogens with one attached hydrogen (secondary N) is 1. The third kappa shape index (κ3) is 7.17. The molecule has 0 aromatic heterocycles. The molecule has 2 unspecified atom stereocenters. The molecule has 4 atom stereocenters. The van der Waals surface area contributed by atoms with Crippen molar-refractivity contribution in [2.45, 2.75) is 51.4 Å². The molecule has 0 saturated carbocycles. The van der Waals surface area contributed by atoms with Crippen LogP contribution < -0.4 is 5.32 Å². The van der Waals surface area contributed by atoms with Crippen molar-refractivity contribution in [3.05, 3.63) is 71.8 Å². The molecule has 1 saturated heterocycles. The van der Waals surface area contributed by atoms with Gasteiger partial charge in [-0.2, -0.15) is 0 Å². The molecule has 1 heterocycles. The van der Waals surface area contributed by atoms with Crippen LogP contribution in [0, 0.1) is 0 Å². The minimum Gasteiger partial charge on any atom is -0.463 e. The van der Waals surface area contributed by atoms with E-state index >= 15 is 0 Å². The van der Waals surface area contributed by atoms with E-state index in [0.717, 1.165) is 11.1 Å². The van der Waals surface area contributed by atoms with Crippen LogP contribution in [0.25, 0.3) is 0 Å². The van der Waals surface area contributed by atoms with Gasteiger partial charge < -0.3 is 24.3 Å². The van der Waals surface area contributed by atoms with E-state index in [4.69, 9.17) is 18.9 Å². The maximum Gasteiger partial charge on any atom is 0.302 e. The van der Waals surface area contributed by atoms with Gasteiger partial charge in [-0.1, -0.05) is 60.7 Å². The lowest BCUT2D eigenvalue weighted by Crippen LogP contribution is -2.61. The monoisotopic (exact) mass is 427 g/mol. The Balaban J connectivity index is 1.79. The molecule has 2 aromatic rings. The molecule has 2 aromatic carbocycles. The zero-order valence-electron chi connectivity index (χ0n) is 17.9. The van der Waals surface area contributed by atoms with Crippen molar-refractivity contribution in [3.63, 3.8) is 0 Å². The molecule has 1 N–H and O–H groups in total. The fourth-order valence-electron chi connectivity index (χ4n) is 3.53. The SMILES string of the molecule is CC(=O)NC1COC(COC(C)=O)[C@H](OCc2ccccc2)[C@@H]1OCc1ccccc1. The molecule has 1 fully saturated rings. The first-order valence-corrected chi connectivity index (χ1v) is 10.4. The van der Waals surface area contributed by atoms with Gasteiger partial charge in [0.05, 0.1) is 25.9 Å². The van der Waals surface area contributed by atoms with Crippen LogP contribution in [-0.2, 0) is 41.8 Å². The quantitative estimate of drug-likeness (QED) is 0.620. The zero-order chi connectivity index (χ0) is 22.1. The smallest absolute Gasteiger partial charge is 0.302 e. The topological polar surface area (TPSA) is 83.1 Å². The van der Waals surface area contributed by atoms with Crippen molar-refractivity contribution < 1.29 is 28.5 Å². The van der Waals surface area contributed by atoms with Crippen LogP contribution in [0.1, 0.15) is 25.0 Å². The molecule has 0 bridgehead atoms. The number of rotatable bonds is 9. The van der Waals surface area contributed by atoms with Gasteiger partial charge in [0.15, 0.2) is 0 Å². The molecular weight excluding hydrogens is 398 g/mol. The van der Waals surface area contributed by atoms with E-state index in [1.54, 1.807) is 0 Å². The summed E-state index contributed by atoms with van der Waals surface area (Å²) in [5.41, 5.74) is 2.01. The second-order valence-corrected chi connectivity index (χ2v) is 7.50. The second-order valence-electron chi connectivity index (χ2n) is 7.50. The number of ether oxygens (including phenoxy) is 4. The lowest BCUT2D eigenvalue weighted by molar-refractivity contribution is -0.208. The number of carbonyl (C=O) groups is 2. The van der Waals surface area contributed by atoms with Gasteiger partial charge >= 0.3 is 5.97 Å². The first kappa shape index (κ1) is 22.9. The molecule has 7 heteroatoms. The normalized spacial score (nSPS) is 23.2. The van der Waals surface area contributed by atoms with Crippen LogP contribution in [-0.4, -0.2) is 49.4 Å². The molecule has 3 rings (SSSR count). The van der Waals surface area contributed by atoms with Gasteiger partial charge in [-0.05, 0) is 11.1 Å². The number of benzene rings is 2. The van der Waals surface area contributed by atoms with Gasteiger partial charge in [-0.25, -0.2) is 0 Å². The van der Waals surface area contributed by atoms with Gasteiger partial charge in [0.25, 0.3) is 0 Å². The summed E-state index contributed by atoms with van der Waals surface area (Å²) in [7, 11) is 0. The Morgan fingerprint density at radius 3 is 1.97 bits per heavy atom. The average molecular weight is 427 g/mol. The van der Waals surface area contributed by atoms with Crippen LogP contribution in [0.15, 0.2) is 60.7 Å². The summed E-state index contributed by atoms with van der Waals surface area (Å²) < 4.78 is 23.6. The maximum atomic E-state index is 11.8. The Morgan fingerprint density at radius 2 is 1.45 bits per heavy atom. The van der Waals surface area contributed by atoms with E-state index in [2.05, 4.69) is 5.32 Å². The van der Waals surface area contributed by atoms with Crippen LogP contribution in [0.4, 0.5) is 0 Å². The highest BCUT2D eigenvalue weighted by Gasteiger charge is 2.43. The van der Waals surface area contributed by atoms with E-state index in [1.807, 2.05) is 60.7 Å². The summed E-state index contributed by atoms with van der Waals surface area (Å²) in [4.78, 5) is 23.1. The van der Waals surface area contributed by atoms with Crippen molar-refractivity contribution in [2.24, 2.45) is 0 Å². The molecule has 0 spiro atoms. The van der Waals surface area contributed by atoms with Crippen LogP contribution in [0.2, 0.25) is 0 Å². The van der Waals surface area contributed by atoms with Crippen molar-refractivity contribution >= 4 is 11.9 Å². The number of hydrogen-bond acceptors (Lipinski definition) is 6. The van der Waals surface area contributed by atoms with Crippen molar-refractivity contribution in [3.8, 4) is 0 Å². The lowest BCUT2D eigenvalue weighted by Gasteiger charge is -2.42. The highest BCUT2D eigenvalue weighted by molar-refractivity contribution is 5.73. The van der Waals surface area contributed by atoms with Gasteiger partial charge in [0.2, 0.25) is 5.91 Å². The van der Waals surface area contributed by atoms with Crippen molar-refractivity contribution in [2.75, 3.05) is 13.2 Å². The van der Waals surface area contributed by atoms with Gasteiger partial charge in [0, 0.05) is 13.8 Å². The summed E-state index contributed by atoms with van der Waals surface area (Å²) in [6.07, 6.45) is -1.55. The molecule has 1 aliphatic rings. The Bertz CT molecular complexity index is 828. The Morgan fingerprint density at radius 1 is 0.903 bits per heavy atom. The largest absolute Gasteiger partial charge is 0.463 e. The van der Waals surface area contributed by atoms with Gasteiger partial charge in [-0.3, -0.25) is 9.59 Å². The minimum atomic E-state index is -0.547. The number of carbonyl (C=O) groups excluding carboxylic acids is 2. The van der Waals surface area contributed by atoms with E-state index in [-0.39, 0.29) is 19.1 Å². The molecule has 31 heavy (non-hydrogen) atoms. The molecule has 0 radical (unpaired) electrons. The molecule has 7 nitrogen and oxygen atoms in total. The third-order valence-corrected chi connectivity index (χ3v) is 4.99. The van der Waals surface area contributed by atoms with E-state index < -0.39 is 30.3 Å². The lowest BCUT2D eigenvalue weighted by atomic mass is 9.97. The Labute approximate surface area is 182 Å². The predicted molar refractivity (Wildman–Crippen MR) is 114 cm³/mol. The fraction of sp³-hybridized carbons (Fsp3) is 0.417. The van der Waals surface area contributed by atoms with E-state index in [0.29, 0.717) is 13.2 Å². The molecule has 1 aliphatic heterocycles. The highest BCUT2D eigenvalue weighted by atomic mass is 16.6. The average Bonchev–Trinajstić information content (AvgIpc) is 2.77. The maximum absolute atomic E-state index is 11.8. The van der Waals surface area contributed by atoms with Crippen molar-refractivity contribution in [1.82, 2.24) is 5.32 Å².